The Morgan fingerprint density at radius 2 is 2.04 bits per heavy atom. The van der Waals surface area contributed by atoms with Crippen LogP contribution in [0.3, 0.4) is 0 Å². The second-order valence-electron chi connectivity index (χ2n) is 6.14. The van der Waals surface area contributed by atoms with Crippen molar-refractivity contribution < 1.29 is 26.4 Å². The highest BCUT2D eigenvalue weighted by molar-refractivity contribution is 7.93. The Morgan fingerprint density at radius 1 is 1.40 bits per heavy atom. The lowest BCUT2D eigenvalue weighted by atomic mass is 10.0. The van der Waals surface area contributed by atoms with Gasteiger partial charge in [0.25, 0.3) is 0 Å². The molecule has 1 N–H and O–H groups in total. The van der Waals surface area contributed by atoms with Crippen molar-refractivity contribution in [2.45, 2.75) is 51.6 Å². The number of hydrogen-bond donors (Lipinski definition) is 1. The van der Waals surface area contributed by atoms with E-state index in [-0.39, 0.29) is 17.4 Å². The molecule has 1 unspecified atom stereocenters. The van der Waals surface area contributed by atoms with Gasteiger partial charge < -0.3 is 4.84 Å². The summed E-state index contributed by atoms with van der Waals surface area (Å²) in [5, 5.41) is 4.07. The van der Waals surface area contributed by atoms with E-state index in [2.05, 4.69) is 5.16 Å². The van der Waals surface area contributed by atoms with E-state index in [1.165, 1.54) is 12.1 Å². The lowest BCUT2D eigenvalue weighted by molar-refractivity contribution is -0.0429. The van der Waals surface area contributed by atoms with Gasteiger partial charge in [-0.2, -0.15) is 21.6 Å². The molecule has 1 aromatic rings. The molecule has 0 radical (unpaired) electrons. The normalized spacial score (nSPS) is 17.3. The number of alkyl halides is 3. The predicted molar refractivity (Wildman–Crippen MR) is 89.9 cm³/mol. The molecular weight excluding hydrogens is 357 g/mol. The van der Waals surface area contributed by atoms with Crippen molar-refractivity contribution in [2.24, 2.45) is 11.1 Å². The number of aryl methyl sites for hydroxylation is 1. The molecule has 5 nitrogen and oxygen atoms in total. The van der Waals surface area contributed by atoms with Crippen LogP contribution < -0.4 is 4.72 Å². The molecule has 1 aromatic carbocycles. The summed E-state index contributed by atoms with van der Waals surface area (Å²) in [5.41, 5.74) is -4.14. The monoisotopic (exact) mass is 378 g/mol. The zero-order valence-corrected chi connectivity index (χ0v) is 15.0. The minimum atomic E-state index is -5.51. The van der Waals surface area contributed by atoms with Crippen molar-refractivity contribution >= 4 is 21.4 Å². The zero-order chi connectivity index (χ0) is 18.8. The topological polar surface area (TPSA) is 67.8 Å². The van der Waals surface area contributed by atoms with Crippen molar-refractivity contribution in [3.63, 3.8) is 0 Å². The van der Waals surface area contributed by atoms with Crippen LogP contribution >= 0.6 is 0 Å². The smallest absolute Gasteiger partial charge is 0.392 e. The first kappa shape index (κ1) is 19.6. The molecule has 0 heterocycles. The van der Waals surface area contributed by atoms with E-state index in [1.807, 2.05) is 6.92 Å². The van der Waals surface area contributed by atoms with Crippen LogP contribution in [0.25, 0.3) is 0 Å². The molecule has 0 aromatic heterocycles. The maximum absolute atomic E-state index is 12.7. The second kappa shape index (κ2) is 7.23. The van der Waals surface area contributed by atoms with E-state index in [1.54, 1.807) is 24.6 Å². The Hall–Kier alpha value is -1.77. The molecule has 0 spiro atoms. The van der Waals surface area contributed by atoms with E-state index >= 15 is 0 Å². The van der Waals surface area contributed by atoms with Crippen LogP contribution in [0, 0.1) is 12.8 Å². The summed E-state index contributed by atoms with van der Waals surface area (Å²) in [7, 11) is -5.51. The number of halogens is 3. The standard InChI is InChI=1S/C16H21F3N2O3S/c1-4-14(20-24-11(3)12-6-7-12)13-9-10(2)5-8-15(13)21-25(22,23)16(17,18)19/h5,8-9,11-12,21H,4,6-7H2,1-3H3/b20-14+. The van der Waals surface area contributed by atoms with Crippen molar-refractivity contribution in [2.75, 3.05) is 4.72 Å². The molecule has 0 aliphatic heterocycles. The molecule has 0 amide bonds. The number of hydrogen-bond acceptors (Lipinski definition) is 4. The fourth-order valence-electron chi connectivity index (χ4n) is 2.29. The van der Waals surface area contributed by atoms with Gasteiger partial charge in [0.1, 0.15) is 6.10 Å². The molecule has 1 fully saturated rings. The summed E-state index contributed by atoms with van der Waals surface area (Å²) in [5.74, 6) is 0.447. The van der Waals surface area contributed by atoms with Crippen molar-refractivity contribution in [1.29, 1.82) is 0 Å². The van der Waals surface area contributed by atoms with Crippen LogP contribution in [-0.4, -0.2) is 25.7 Å². The number of anilines is 1. The van der Waals surface area contributed by atoms with Crippen molar-refractivity contribution in [1.82, 2.24) is 0 Å². The van der Waals surface area contributed by atoms with Crippen molar-refractivity contribution in [3.8, 4) is 0 Å². The fourth-order valence-corrected chi connectivity index (χ4v) is 2.87. The summed E-state index contributed by atoms with van der Waals surface area (Å²) in [6.07, 6.45) is 2.43. The summed E-state index contributed by atoms with van der Waals surface area (Å²) in [6.45, 7) is 5.42. The van der Waals surface area contributed by atoms with E-state index in [9.17, 15) is 21.6 Å². The van der Waals surface area contributed by atoms with Crippen LogP contribution in [-0.2, 0) is 14.9 Å². The molecule has 25 heavy (non-hydrogen) atoms. The number of nitrogens with one attached hydrogen (secondary N) is 1. The minimum Gasteiger partial charge on any atom is -0.392 e. The van der Waals surface area contributed by atoms with Gasteiger partial charge in [-0.15, -0.1) is 0 Å². The van der Waals surface area contributed by atoms with Crippen LogP contribution in [0.15, 0.2) is 23.4 Å². The lowest BCUT2D eigenvalue weighted by Crippen LogP contribution is -2.30. The van der Waals surface area contributed by atoms with Gasteiger partial charge in [-0.1, -0.05) is 23.7 Å². The van der Waals surface area contributed by atoms with Crippen LogP contribution in [0.1, 0.15) is 44.2 Å². The quantitative estimate of drug-likeness (QED) is 0.572. The highest BCUT2D eigenvalue weighted by atomic mass is 32.2. The SMILES string of the molecule is CC/C(=N\OC(C)C1CC1)c1cc(C)ccc1NS(=O)(=O)C(F)(F)F. The first-order chi connectivity index (χ1) is 11.5. The maximum atomic E-state index is 12.7. The molecule has 9 heteroatoms. The molecule has 0 bridgehead atoms. The van der Waals surface area contributed by atoms with Gasteiger partial charge in [0, 0.05) is 5.56 Å². The average molecular weight is 378 g/mol. The number of sulfonamides is 1. The zero-order valence-electron chi connectivity index (χ0n) is 14.2. The number of benzene rings is 1. The largest absolute Gasteiger partial charge is 0.516 e. The Bertz CT molecular complexity index is 756. The summed E-state index contributed by atoms with van der Waals surface area (Å²) < 4.78 is 62.4. The maximum Gasteiger partial charge on any atom is 0.516 e. The molecule has 1 atom stereocenters. The third-order valence-electron chi connectivity index (χ3n) is 3.98. The fraction of sp³-hybridized carbons (Fsp3) is 0.562. The van der Waals surface area contributed by atoms with Gasteiger partial charge >= 0.3 is 15.5 Å². The summed E-state index contributed by atoms with van der Waals surface area (Å²) >= 11 is 0. The van der Waals surface area contributed by atoms with E-state index in [0.29, 0.717) is 18.1 Å². The van der Waals surface area contributed by atoms with E-state index in [4.69, 9.17) is 4.84 Å². The minimum absolute atomic E-state index is 0.0818. The van der Waals surface area contributed by atoms with Gasteiger partial charge in [0.05, 0.1) is 11.4 Å². The lowest BCUT2D eigenvalue weighted by Gasteiger charge is -2.16. The Kier molecular flexibility index (Phi) is 5.65. The molecule has 2 rings (SSSR count). The summed E-state index contributed by atoms with van der Waals surface area (Å²) in [6, 6.07) is 4.41. The Labute approximate surface area is 145 Å². The highest BCUT2D eigenvalue weighted by Gasteiger charge is 2.46. The average Bonchev–Trinajstić information content (AvgIpc) is 3.33. The Balaban J connectivity index is 2.34. The molecule has 1 saturated carbocycles. The third-order valence-corrected chi connectivity index (χ3v) is 5.08. The first-order valence-corrected chi connectivity index (χ1v) is 9.46. The van der Waals surface area contributed by atoms with Gasteiger partial charge in [-0.25, -0.2) is 0 Å². The van der Waals surface area contributed by atoms with Crippen LogP contribution in [0.4, 0.5) is 18.9 Å². The molecule has 1 aliphatic rings. The summed E-state index contributed by atoms with van der Waals surface area (Å²) in [4.78, 5) is 5.45. The van der Waals surface area contributed by atoms with E-state index in [0.717, 1.165) is 18.4 Å². The molecular formula is C16H21F3N2O3S. The Morgan fingerprint density at radius 3 is 2.56 bits per heavy atom. The number of oxime groups is 1. The third kappa shape index (κ3) is 4.87. The predicted octanol–water partition coefficient (Wildman–Crippen LogP) is 4.19. The first-order valence-electron chi connectivity index (χ1n) is 7.98. The van der Waals surface area contributed by atoms with E-state index < -0.39 is 15.5 Å². The second-order valence-corrected chi connectivity index (χ2v) is 7.81. The highest BCUT2D eigenvalue weighted by Crippen LogP contribution is 2.34. The van der Waals surface area contributed by atoms with Gasteiger partial charge in [-0.3, -0.25) is 4.72 Å². The van der Waals surface area contributed by atoms with Crippen LogP contribution in [0.5, 0.6) is 0 Å². The number of rotatable bonds is 7. The van der Waals surface area contributed by atoms with Gasteiger partial charge in [0.15, 0.2) is 0 Å². The van der Waals surface area contributed by atoms with Crippen molar-refractivity contribution in [3.05, 3.63) is 29.3 Å². The number of nitrogens with zero attached hydrogens (tertiary/aromatic N) is 1. The van der Waals surface area contributed by atoms with Gasteiger partial charge in [-0.05, 0) is 51.2 Å². The molecule has 140 valence electrons. The molecule has 0 saturated heterocycles. The molecule has 1 aliphatic carbocycles. The van der Waals surface area contributed by atoms with Crippen LogP contribution in [0.2, 0.25) is 0 Å². The van der Waals surface area contributed by atoms with Gasteiger partial charge in [0.2, 0.25) is 0 Å².